The molecule has 0 N–H and O–H groups in total. The van der Waals surface area contributed by atoms with Crippen molar-refractivity contribution in [2.75, 3.05) is 6.61 Å². The van der Waals surface area contributed by atoms with Gasteiger partial charge in [-0.1, -0.05) is 12.2 Å². The first-order valence-electron chi connectivity index (χ1n) is 2.27. The Bertz CT molecular complexity index is 183. The normalized spacial score (nSPS) is 11.4. The van der Waals surface area contributed by atoms with Crippen LogP contribution < -0.4 is 18.9 Å². The quantitative estimate of drug-likeness (QED) is 0.190. The smallest absolute Gasteiger partial charge is 0.726 e. The van der Waals surface area contributed by atoms with E-state index in [0.717, 1.165) is 0 Å². The molecule has 0 bridgehead atoms. The summed E-state index contributed by atoms with van der Waals surface area (Å²) in [4.78, 5) is 0. The van der Waals surface area contributed by atoms with Crippen molar-refractivity contribution in [3.63, 3.8) is 0 Å². The van der Waals surface area contributed by atoms with Crippen LogP contribution in [-0.4, -0.2) is 19.6 Å². The van der Waals surface area contributed by atoms with Crippen molar-refractivity contribution in [1.82, 2.24) is 0 Å². The first-order chi connectivity index (χ1) is 4.06. The van der Waals surface area contributed by atoms with E-state index in [9.17, 15) is 13.0 Å². The zero-order chi connectivity index (χ0) is 7.33. The van der Waals surface area contributed by atoms with Gasteiger partial charge >= 0.3 is 18.9 Å². The maximum atomic E-state index is 9.69. The monoisotopic (exact) mass is 158 g/mol. The van der Waals surface area contributed by atoms with Crippen molar-refractivity contribution in [3.8, 4) is 0 Å². The van der Waals surface area contributed by atoms with E-state index in [1.165, 1.54) is 6.08 Å². The summed E-state index contributed by atoms with van der Waals surface area (Å²) in [6.45, 7) is 1.52. The molecule has 0 saturated heterocycles. The third-order valence-electron chi connectivity index (χ3n) is 0.544. The van der Waals surface area contributed by atoms with Gasteiger partial charge in [-0.15, -0.1) is 0 Å². The van der Waals surface area contributed by atoms with E-state index in [-0.39, 0.29) is 25.5 Å². The maximum absolute atomic E-state index is 9.69. The molecule has 0 fully saturated rings. The Morgan fingerprint density at radius 1 is 1.60 bits per heavy atom. The third-order valence-corrected chi connectivity index (χ3v) is 0.969. The summed E-state index contributed by atoms with van der Waals surface area (Å²) in [7, 11) is -4.50. The van der Waals surface area contributed by atoms with Crippen molar-refractivity contribution in [3.05, 3.63) is 12.2 Å². The van der Waals surface area contributed by atoms with E-state index in [0.29, 0.717) is 0 Å². The largest absolute Gasteiger partial charge is 1.00 e. The summed E-state index contributed by atoms with van der Waals surface area (Å²) in [5.41, 5.74) is 0. The van der Waals surface area contributed by atoms with Gasteiger partial charge in [-0.3, -0.25) is 4.18 Å². The van der Waals surface area contributed by atoms with Crippen LogP contribution in [0.15, 0.2) is 12.2 Å². The molecular formula is C4H7LiO4S. The van der Waals surface area contributed by atoms with E-state index >= 15 is 0 Å². The molecule has 0 aliphatic carbocycles. The second kappa shape index (κ2) is 5.95. The average molecular weight is 158 g/mol. The van der Waals surface area contributed by atoms with Crippen LogP contribution in [0.2, 0.25) is 0 Å². The number of hydrogen-bond donors (Lipinski definition) is 0. The zero-order valence-electron chi connectivity index (χ0n) is 5.90. The Morgan fingerprint density at radius 2 is 2.10 bits per heavy atom. The van der Waals surface area contributed by atoms with E-state index in [1.807, 2.05) is 0 Å². The van der Waals surface area contributed by atoms with Crippen molar-refractivity contribution in [2.45, 2.75) is 6.92 Å². The molecule has 0 saturated carbocycles. The first-order valence-corrected chi connectivity index (χ1v) is 3.61. The number of allylic oxidation sites excluding steroid dienone is 1. The molecule has 54 valence electrons. The molecule has 0 spiro atoms. The molecule has 10 heavy (non-hydrogen) atoms. The second-order valence-electron chi connectivity index (χ2n) is 1.26. The van der Waals surface area contributed by atoms with Crippen LogP contribution in [0, 0.1) is 0 Å². The maximum Gasteiger partial charge on any atom is 1.00 e. The molecule has 0 aliphatic heterocycles. The molecule has 0 heterocycles. The number of hydrogen-bond acceptors (Lipinski definition) is 4. The first kappa shape index (κ1) is 12.8. The van der Waals surface area contributed by atoms with Gasteiger partial charge in [-0.2, -0.15) is 0 Å². The molecule has 0 aromatic carbocycles. The van der Waals surface area contributed by atoms with Crippen LogP contribution in [0.4, 0.5) is 0 Å². The van der Waals surface area contributed by atoms with Gasteiger partial charge in [-0.25, -0.2) is 8.42 Å². The summed E-state index contributed by atoms with van der Waals surface area (Å²) >= 11 is 0. The van der Waals surface area contributed by atoms with Crippen LogP contribution in [0.25, 0.3) is 0 Å². The van der Waals surface area contributed by atoms with Crippen molar-refractivity contribution in [2.24, 2.45) is 0 Å². The van der Waals surface area contributed by atoms with E-state index in [2.05, 4.69) is 4.18 Å². The third kappa shape index (κ3) is 11.1. The Kier molecular flexibility index (Phi) is 7.65. The molecular weight excluding hydrogens is 151 g/mol. The fraction of sp³-hybridized carbons (Fsp3) is 0.500. The Morgan fingerprint density at radius 3 is 2.40 bits per heavy atom. The van der Waals surface area contributed by atoms with Crippen LogP contribution in [0.5, 0.6) is 0 Å². The van der Waals surface area contributed by atoms with Gasteiger partial charge in [0, 0.05) is 0 Å². The molecule has 0 radical (unpaired) electrons. The second-order valence-corrected chi connectivity index (χ2v) is 2.31. The van der Waals surface area contributed by atoms with Crippen LogP contribution >= 0.6 is 0 Å². The van der Waals surface area contributed by atoms with Gasteiger partial charge in [0.05, 0.1) is 6.61 Å². The number of rotatable bonds is 3. The SMILES string of the molecule is CC=CCOS(=O)(=O)[O-].[Li+]. The Labute approximate surface area is 72.4 Å². The van der Waals surface area contributed by atoms with Crippen LogP contribution in [-0.2, 0) is 14.6 Å². The van der Waals surface area contributed by atoms with Gasteiger partial charge < -0.3 is 4.55 Å². The molecule has 0 aromatic heterocycles. The predicted octanol–water partition coefficient (Wildman–Crippen LogP) is -2.96. The summed E-state index contributed by atoms with van der Waals surface area (Å²) in [6, 6.07) is 0. The molecule has 0 aromatic rings. The summed E-state index contributed by atoms with van der Waals surface area (Å²) in [6.07, 6.45) is 3.01. The molecule has 0 aliphatic rings. The van der Waals surface area contributed by atoms with Gasteiger partial charge in [0.25, 0.3) is 0 Å². The fourth-order valence-corrected chi connectivity index (χ4v) is 0.464. The fourth-order valence-electron chi connectivity index (χ4n) is 0.219. The molecule has 0 atom stereocenters. The minimum Gasteiger partial charge on any atom is -0.726 e. The van der Waals surface area contributed by atoms with Gasteiger partial charge in [0.1, 0.15) is 0 Å². The molecule has 0 rings (SSSR count). The Balaban J connectivity index is 0. The van der Waals surface area contributed by atoms with E-state index in [1.54, 1.807) is 13.0 Å². The molecule has 0 amide bonds. The van der Waals surface area contributed by atoms with Gasteiger partial charge in [-0.05, 0) is 6.92 Å². The topological polar surface area (TPSA) is 66.4 Å². The predicted molar refractivity (Wildman–Crippen MR) is 30.5 cm³/mol. The van der Waals surface area contributed by atoms with Crippen molar-refractivity contribution in [1.29, 1.82) is 0 Å². The zero-order valence-corrected chi connectivity index (χ0v) is 6.72. The summed E-state index contributed by atoms with van der Waals surface area (Å²) in [5.74, 6) is 0. The summed E-state index contributed by atoms with van der Waals surface area (Å²) < 4.78 is 32.9. The minimum absolute atomic E-state index is 0. The molecule has 4 nitrogen and oxygen atoms in total. The molecule has 6 heteroatoms. The van der Waals surface area contributed by atoms with Crippen molar-refractivity contribution < 1.29 is 36.0 Å². The van der Waals surface area contributed by atoms with Gasteiger partial charge in [0.15, 0.2) is 0 Å². The van der Waals surface area contributed by atoms with E-state index < -0.39 is 10.4 Å². The van der Waals surface area contributed by atoms with E-state index in [4.69, 9.17) is 0 Å². The average Bonchev–Trinajstić information content (AvgIpc) is 1.63. The summed E-state index contributed by atoms with van der Waals surface area (Å²) in [5, 5.41) is 0. The minimum atomic E-state index is -4.50. The van der Waals surface area contributed by atoms with Gasteiger partial charge in [0.2, 0.25) is 10.4 Å². The van der Waals surface area contributed by atoms with Crippen LogP contribution in [0.1, 0.15) is 6.92 Å². The van der Waals surface area contributed by atoms with Crippen LogP contribution in [0.3, 0.4) is 0 Å². The molecule has 0 unspecified atom stereocenters. The van der Waals surface area contributed by atoms with Crippen molar-refractivity contribution >= 4 is 10.4 Å². The Hall–Kier alpha value is 0.207. The standard InChI is InChI=1S/C4H8O4S.Li/c1-2-3-4-8-9(5,6)7;/h2-3H,4H2,1H3,(H,5,6,7);/q;+1/p-1.